The van der Waals surface area contributed by atoms with Gasteiger partial charge in [-0.15, -0.1) is 0 Å². The summed E-state index contributed by atoms with van der Waals surface area (Å²) in [6.45, 7) is 2.12. The predicted octanol–water partition coefficient (Wildman–Crippen LogP) is 1.59. The van der Waals surface area contributed by atoms with E-state index < -0.39 is 17.8 Å². The Balaban J connectivity index is 1.63. The molecule has 2 unspecified atom stereocenters. The van der Waals surface area contributed by atoms with Crippen molar-refractivity contribution >= 4 is 5.78 Å². The van der Waals surface area contributed by atoms with E-state index in [4.69, 9.17) is 4.74 Å². The highest BCUT2D eigenvalue weighted by atomic mass is 16.5. The third-order valence-electron chi connectivity index (χ3n) is 8.22. The molecule has 3 fully saturated rings. The number of hydrogen-bond acceptors (Lipinski definition) is 5. The number of ketones is 1. The molecule has 2 aliphatic heterocycles. The van der Waals surface area contributed by atoms with Crippen LogP contribution < -0.4 is 0 Å². The molecule has 1 saturated heterocycles. The molecule has 5 aliphatic rings. The molecule has 0 aromatic heterocycles. The standard InChI is InChI=1S/C21H29NO4/c1-19-7-6-12-10-13-17(24)18(25)14(22(2)3)11-20(13)8-9-21(12,26-20)15(19)4-5-16(19)23/h6,10,14-15,17-18,24-25H,4-5,7-9,11H2,1-3H3/t14-,15+,17+,18?,19?,20+,21+/m0/s1. The maximum Gasteiger partial charge on any atom is 0.139 e. The van der Waals surface area contributed by atoms with Crippen molar-refractivity contribution in [3.05, 3.63) is 23.3 Å². The van der Waals surface area contributed by atoms with Gasteiger partial charge < -0.3 is 19.8 Å². The zero-order chi connectivity index (χ0) is 18.5. The van der Waals surface area contributed by atoms with Gasteiger partial charge in [-0.2, -0.15) is 0 Å². The van der Waals surface area contributed by atoms with Crippen LogP contribution in [0.2, 0.25) is 0 Å². The van der Waals surface area contributed by atoms with Crippen LogP contribution in [0.3, 0.4) is 0 Å². The van der Waals surface area contributed by atoms with Crippen LogP contribution in [0.1, 0.15) is 45.4 Å². The smallest absolute Gasteiger partial charge is 0.139 e. The molecule has 142 valence electrons. The SMILES string of the molecule is CN(C)[C@H]1C[C@@]23CC[C@@]4(O2)C(=CCC2(C)C(=O)CC[C@H]24)C=C3[C@@H](O)C1O. The zero-order valence-corrected chi connectivity index (χ0v) is 15.9. The molecule has 2 N–H and O–H groups in total. The molecule has 0 radical (unpaired) electrons. The Kier molecular flexibility index (Phi) is 3.34. The molecule has 2 spiro atoms. The summed E-state index contributed by atoms with van der Waals surface area (Å²) in [7, 11) is 3.89. The van der Waals surface area contributed by atoms with Gasteiger partial charge >= 0.3 is 0 Å². The summed E-state index contributed by atoms with van der Waals surface area (Å²) in [6.07, 6.45) is 7.32. The predicted molar refractivity (Wildman–Crippen MR) is 96.5 cm³/mol. The first-order chi connectivity index (χ1) is 12.2. The summed E-state index contributed by atoms with van der Waals surface area (Å²) in [4.78, 5) is 14.6. The van der Waals surface area contributed by atoms with E-state index in [-0.39, 0.29) is 23.0 Å². The Hall–Kier alpha value is -1.01. The van der Waals surface area contributed by atoms with Crippen LogP contribution in [0, 0.1) is 11.3 Å². The number of likely N-dealkylation sites (N-methyl/N-ethyl adjacent to an activating group) is 1. The summed E-state index contributed by atoms with van der Waals surface area (Å²) < 4.78 is 6.92. The summed E-state index contributed by atoms with van der Waals surface area (Å²) in [6, 6.07) is -0.136. The Labute approximate surface area is 154 Å². The molecule has 2 heterocycles. The molecule has 7 atom stereocenters. The van der Waals surface area contributed by atoms with Crippen molar-refractivity contribution in [2.45, 2.75) is 74.9 Å². The minimum atomic E-state index is -0.897. The van der Waals surface area contributed by atoms with Gasteiger partial charge in [0.25, 0.3) is 0 Å². The van der Waals surface area contributed by atoms with Crippen LogP contribution in [0.15, 0.2) is 23.3 Å². The number of allylic oxidation sites excluding steroid dienone is 1. The van der Waals surface area contributed by atoms with Crippen LogP contribution in [0.4, 0.5) is 0 Å². The number of carbonyl (C=O) groups is 1. The highest BCUT2D eigenvalue weighted by Crippen LogP contribution is 2.65. The third kappa shape index (κ3) is 1.83. The lowest BCUT2D eigenvalue weighted by Crippen LogP contribution is -2.62. The number of hydrogen-bond donors (Lipinski definition) is 2. The number of nitrogens with zero attached hydrogens (tertiary/aromatic N) is 1. The lowest BCUT2D eigenvalue weighted by molar-refractivity contribution is -0.167. The number of aliphatic hydroxyl groups excluding tert-OH is 2. The minimum Gasteiger partial charge on any atom is -0.388 e. The van der Waals surface area contributed by atoms with Crippen molar-refractivity contribution in [2.75, 3.05) is 14.1 Å². The van der Waals surface area contributed by atoms with Crippen LogP contribution in [-0.2, 0) is 9.53 Å². The van der Waals surface area contributed by atoms with Crippen LogP contribution in [-0.4, -0.2) is 64.4 Å². The highest BCUT2D eigenvalue weighted by molar-refractivity contribution is 5.88. The van der Waals surface area contributed by atoms with Gasteiger partial charge in [0.1, 0.15) is 11.9 Å². The molecule has 0 aromatic carbocycles. The van der Waals surface area contributed by atoms with Crippen LogP contribution >= 0.6 is 0 Å². The summed E-state index contributed by atoms with van der Waals surface area (Å²) in [5, 5.41) is 21.5. The van der Waals surface area contributed by atoms with Crippen LogP contribution in [0.25, 0.3) is 0 Å². The molecule has 0 amide bonds. The van der Waals surface area contributed by atoms with Crippen molar-refractivity contribution in [2.24, 2.45) is 11.3 Å². The van der Waals surface area contributed by atoms with E-state index in [0.717, 1.165) is 36.8 Å². The monoisotopic (exact) mass is 359 g/mol. The van der Waals surface area contributed by atoms with E-state index in [1.807, 2.05) is 19.0 Å². The quantitative estimate of drug-likeness (QED) is 0.744. The second kappa shape index (κ2) is 5.07. The molecular weight excluding hydrogens is 330 g/mol. The Morgan fingerprint density at radius 1 is 1.27 bits per heavy atom. The summed E-state index contributed by atoms with van der Waals surface area (Å²) in [5.74, 6) is 0.596. The van der Waals surface area contributed by atoms with Crippen molar-refractivity contribution in [1.82, 2.24) is 4.90 Å². The van der Waals surface area contributed by atoms with Gasteiger partial charge in [0.2, 0.25) is 0 Å². The van der Waals surface area contributed by atoms with Gasteiger partial charge in [0.05, 0.1) is 17.3 Å². The van der Waals surface area contributed by atoms with Crippen LogP contribution in [0.5, 0.6) is 0 Å². The summed E-state index contributed by atoms with van der Waals surface area (Å²) >= 11 is 0. The second-order valence-electron chi connectivity index (χ2n) is 9.55. The third-order valence-corrected chi connectivity index (χ3v) is 8.22. The van der Waals surface area contributed by atoms with E-state index in [1.54, 1.807) is 0 Å². The lowest BCUT2D eigenvalue weighted by Gasteiger charge is -2.55. The molecule has 2 saturated carbocycles. The van der Waals surface area contributed by atoms with E-state index in [9.17, 15) is 15.0 Å². The Morgan fingerprint density at radius 2 is 2.04 bits per heavy atom. The largest absolute Gasteiger partial charge is 0.388 e. The fourth-order valence-corrected chi connectivity index (χ4v) is 6.70. The van der Waals surface area contributed by atoms with Gasteiger partial charge in [0.15, 0.2) is 0 Å². The first-order valence-electron chi connectivity index (χ1n) is 9.92. The molecule has 0 aromatic rings. The van der Waals surface area contributed by atoms with Gasteiger partial charge in [-0.1, -0.05) is 19.1 Å². The normalized spacial score (nSPS) is 52.3. The average molecular weight is 359 g/mol. The molecular formula is C21H29NO4. The number of ether oxygens (including phenoxy) is 1. The number of aliphatic hydroxyl groups is 2. The molecule has 26 heavy (non-hydrogen) atoms. The second-order valence-corrected chi connectivity index (χ2v) is 9.55. The van der Waals surface area contributed by atoms with Crippen molar-refractivity contribution in [1.29, 1.82) is 0 Å². The van der Waals surface area contributed by atoms with Gasteiger partial charge in [-0.3, -0.25) is 4.79 Å². The van der Waals surface area contributed by atoms with Gasteiger partial charge in [-0.25, -0.2) is 0 Å². The fourth-order valence-electron chi connectivity index (χ4n) is 6.70. The zero-order valence-electron chi connectivity index (χ0n) is 15.9. The Morgan fingerprint density at radius 3 is 2.77 bits per heavy atom. The van der Waals surface area contributed by atoms with Crippen molar-refractivity contribution < 1.29 is 19.7 Å². The lowest BCUT2D eigenvalue weighted by atomic mass is 9.61. The number of carbonyl (C=O) groups excluding carboxylic acids is 1. The topological polar surface area (TPSA) is 70.0 Å². The van der Waals surface area contributed by atoms with Gasteiger partial charge in [0, 0.05) is 23.8 Å². The number of fused-ring (bicyclic) bond motifs is 1. The minimum absolute atomic E-state index is 0.136. The summed E-state index contributed by atoms with van der Waals surface area (Å²) in [5.41, 5.74) is 0.771. The highest BCUT2D eigenvalue weighted by Gasteiger charge is 2.68. The average Bonchev–Trinajstić information content (AvgIpc) is 3.07. The maximum atomic E-state index is 12.6. The molecule has 5 nitrogen and oxygen atoms in total. The van der Waals surface area contributed by atoms with E-state index >= 15 is 0 Å². The molecule has 3 aliphatic carbocycles. The first kappa shape index (κ1) is 17.1. The first-order valence-corrected chi connectivity index (χ1v) is 9.92. The van der Waals surface area contributed by atoms with Crippen molar-refractivity contribution in [3.8, 4) is 0 Å². The Bertz CT molecular complexity index is 742. The number of rotatable bonds is 1. The molecule has 5 rings (SSSR count). The van der Waals surface area contributed by atoms with E-state index in [0.29, 0.717) is 18.6 Å². The van der Waals surface area contributed by atoms with Crippen molar-refractivity contribution in [3.63, 3.8) is 0 Å². The number of Topliss-reactive ketones (excluding diaryl/α,β-unsaturated/α-hetero) is 1. The van der Waals surface area contributed by atoms with Gasteiger partial charge in [-0.05, 0) is 57.3 Å². The maximum absolute atomic E-state index is 12.6. The van der Waals surface area contributed by atoms with E-state index in [1.165, 1.54) is 0 Å². The van der Waals surface area contributed by atoms with E-state index in [2.05, 4.69) is 19.1 Å². The molecule has 2 bridgehead atoms. The molecule has 5 heteroatoms. The fraction of sp³-hybridized carbons (Fsp3) is 0.762.